The van der Waals surface area contributed by atoms with E-state index in [0.29, 0.717) is 6.61 Å². The molecule has 0 aromatic carbocycles. The molecular weight excluding hydrogens is 168 g/mol. The smallest absolute Gasteiger partial charge is 0.328 e. The van der Waals surface area contributed by atoms with Crippen LogP contribution in [-0.4, -0.2) is 24.3 Å². The van der Waals surface area contributed by atoms with Crippen molar-refractivity contribution < 1.29 is 14.6 Å². The molecule has 0 unspecified atom stereocenters. The van der Waals surface area contributed by atoms with Gasteiger partial charge in [0.05, 0.1) is 6.61 Å². The molecule has 3 nitrogen and oxygen atoms in total. The molecule has 0 saturated heterocycles. The van der Waals surface area contributed by atoms with Gasteiger partial charge in [-0.1, -0.05) is 19.8 Å². The Bertz CT molecular complexity index is 173. The monoisotopic (exact) mass is 186 g/mol. The lowest BCUT2D eigenvalue weighted by Crippen LogP contribution is -2.00. The summed E-state index contributed by atoms with van der Waals surface area (Å²) in [4.78, 5) is 10.2. The van der Waals surface area contributed by atoms with E-state index in [4.69, 9.17) is 9.84 Å². The number of carbonyl (C=O) groups is 1. The molecule has 3 heteroatoms. The Morgan fingerprint density at radius 2 is 2.15 bits per heavy atom. The molecule has 0 aliphatic carbocycles. The molecule has 0 bridgehead atoms. The summed E-state index contributed by atoms with van der Waals surface area (Å²) in [6.07, 6.45) is 4.58. The number of ether oxygens (including phenoxy) is 1. The fourth-order valence-electron chi connectivity index (χ4n) is 0.940. The van der Waals surface area contributed by atoms with Gasteiger partial charge in [-0.05, 0) is 18.9 Å². The third-order valence-electron chi connectivity index (χ3n) is 1.59. The van der Waals surface area contributed by atoms with Crippen molar-refractivity contribution in [3.05, 3.63) is 11.6 Å². The van der Waals surface area contributed by atoms with Crippen LogP contribution in [0.5, 0.6) is 0 Å². The summed E-state index contributed by atoms with van der Waals surface area (Å²) in [6.45, 7) is 5.04. The molecule has 0 atom stereocenters. The highest BCUT2D eigenvalue weighted by atomic mass is 16.5. The van der Waals surface area contributed by atoms with Gasteiger partial charge in [0.15, 0.2) is 0 Å². The van der Waals surface area contributed by atoms with Gasteiger partial charge in [0.1, 0.15) is 0 Å². The summed E-state index contributed by atoms with van der Waals surface area (Å²) in [5, 5.41) is 8.39. The van der Waals surface area contributed by atoms with E-state index >= 15 is 0 Å². The van der Waals surface area contributed by atoms with Crippen molar-refractivity contribution in [2.24, 2.45) is 0 Å². The van der Waals surface area contributed by atoms with E-state index in [2.05, 4.69) is 6.92 Å². The van der Waals surface area contributed by atoms with Crippen LogP contribution in [0.2, 0.25) is 0 Å². The third-order valence-corrected chi connectivity index (χ3v) is 1.59. The Morgan fingerprint density at radius 3 is 2.69 bits per heavy atom. The Labute approximate surface area is 79.4 Å². The predicted molar refractivity (Wildman–Crippen MR) is 51.7 cm³/mol. The van der Waals surface area contributed by atoms with Crippen LogP contribution in [0.25, 0.3) is 0 Å². The first-order valence-corrected chi connectivity index (χ1v) is 4.64. The zero-order valence-corrected chi connectivity index (χ0v) is 8.38. The molecule has 0 aliphatic rings. The van der Waals surface area contributed by atoms with Crippen molar-refractivity contribution in [3.8, 4) is 0 Å². The summed E-state index contributed by atoms with van der Waals surface area (Å²) >= 11 is 0. The van der Waals surface area contributed by atoms with E-state index < -0.39 is 5.97 Å². The number of unbranched alkanes of at least 4 members (excludes halogenated alkanes) is 2. The van der Waals surface area contributed by atoms with Crippen molar-refractivity contribution >= 4 is 5.97 Å². The van der Waals surface area contributed by atoms with E-state index in [0.717, 1.165) is 18.6 Å². The Morgan fingerprint density at radius 1 is 1.46 bits per heavy atom. The van der Waals surface area contributed by atoms with Gasteiger partial charge in [0.25, 0.3) is 0 Å². The molecule has 0 aromatic rings. The Hall–Kier alpha value is -0.830. The van der Waals surface area contributed by atoms with Crippen molar-refractivity contribution in [2.45, 2.75) is 33.1 Å². The van der Waals surface area contributed by atoms with Crippen LogP contribution >= 0.6 is 0 Å². The number of rotatable bonds is 7. The molecule has 0 saturated carbocycles. The highest BCUT2D eigenvalue weighted by Crippen LogP contribution is 1.97. The highest BCUT2D eigenvalue weighted by Gasteiger charge is 1.94. The van der Waals surface area contributed by atoms with Crippen LogP contribution in [-0.2, 0) is 9.53 Å². The second kappa shape index (κ2) is 7.80. The van der Waals surface area contributed by atoms with Crippen molar-refractivity contribution in [1.29, 1.82) is 0 Å². The van der Waals surface area contributed by atoms with E-state index in [-0.39, 0.29) is 0 Å². The molecule has 0 aromatic heterocycles. The summed E-state index contributed by atoms with van der Waals surface area (Å²) < 4.78 is 5.27. The second-order valence-electron chi connectivity index (χ2n) is 3.09. The number of hydrogen-bond acceptors (Lipinski definition) is 2. The molecule has 1 N–H and O–H groups in total. The van der Waals surface area contributed by atoms with Crippen molar-refractivity contribution in [3.63, 3.8) is 0 Å². The summed E-state index contributed by atoms with van der Waals surface area (Å²) in [6, 6.07) is 0. The van der Waals surface area contributed by atoms with Crippen LogP contribution in [0.3, 0.4) is 0 Å². The largest absolute Gasteiger partial charge is 0.478 e. The predicted octanol–water partition coefficient (Wildman–Crippen LogP) is 2.22. The maximum Gasteiger partial charge on any atom is 0.328 e. The van der Waals surface area contributed by atoms with Gasteiger partial charge in [0.2, 0.25) is 0 Å². The van der Waals surface area contributed by atoms with E-state index in [1.54, 1.807) is 6.92 Å². The van der Waals surface area contributed by atoms with Gasteiger partial charge in [-0.3, -0.25) is 0 Å². The first kappa shape index (κ1) is 12.2. The minimum atomic E-state index is -0.908. The lowest BCUT2D eigenvalue weighted by Gasteiger charge is -2.02. The molecule has 0 amide bonds. The van der Waals surface area contributed by atoms with Crippen LogP contribution in [0.4, 0.5) is 0 Å². The van der Waals surface area contributed by atoms with Gasteiger partial charge in [0, 0.05) is 12.7 Å². The van der Waals surface area contributed by atoms with E-state index in [1.165, 1.54) is 18.9 Å². The van der Waals surface area contributed by atoms with E-state index in [9.17, 15) is 4.79 Å². The number of aliphatic carboxylic acids is 1. The van der Waals surface area contributed by atoms with Gasteiger partial charge in [-0.2, -0.15) is 0 Å². The molecule has 0 rings (SSSR count). The van der Waals surface area contributed by atoms with Crippen molar-refractivity contribution in [2.75, 3.05) is 13.2 Å². The van der Waals surface area contributed by atoms with Crippen LogP contribution in [0.1, 0.15) is 33.1 Å². The first-order valence-electron chi connectivity index (χ1n) is 4.64. The highest BCUT2D eigenvalue weighted by molar-refractivity contribution is 5.80. The topological polar surface area (TPSA) is 46.5 Å². The Kier molecular flexibility index (Phi) is 7.30. The molecular formula is C10H18O3. The minimum absolute atomic E-state index is 0.427. The SMILES string of the molecule is CCCCCOCC(C)=CC(=O)O. The molecule has 0 aliphatic heterocycles. The van der Waals surface area contributed by atoms with Crippen LogP contribution in [0.15, 0.2) is 11.6 Å². The van der Waals surface area contributed by atoms with Crippen LogP contribution in [0, 0.1) is 0 Å². The molecule has 0 spiro atoms. The average molecular weight is 186 g/mol. The quantitative estimate of drug-likeness (QED) is 0.490. The molecule has 0 heterocycles. The molecule has 13 heavy (non-hydrogen) atoms. The lowest BCUT2D eigenvalue weighted by molar-refractivity contribution is -0.131. The summed E-state index contributed by atoms with van der Waals surface area (Å²) in [5.74, 6) is -0.908. The fraction of sp³-hybridized carbons (Fsp3) is 0.700. The minimum Gasteiger partial charge on any atom is -0.478 e. The molecule has 76 valence electrons. The maximum atomic E-state index is 10.2. The standard InChI is InChI=1S/C10H18O3/c1-3-4-5-6-13-8-9(2)7-10(11)12/h7H,3-6,8H2,1-2H3,(H,11,12). The lowest BCUT2D eigenvalue weighted by atomic mass is 10.2. The number of carboxylic acids is 1. The summed E-state index contributed by atoms with van der Waals surface area (Å²) in [5.41, 5.74) is 0.754. The van der Waals surface area contributed by atoms with Crippen LogP contribution < -0.4 is 0 Å². The molecule has 0 radical (unpaired) electrons. The molecule has 0 fully saturated rings. The summed E-state index contributed by atoms with van der Waals surface area (Å²) in [7, 11) is 0. The van der Waals surface area contributed by atoms with Gasteiger partial charge < -0.3 is 9.84 Å². The van der Waals surface area contributed by atoms with Crippen molar-refractivity contribution in [1.82, 2.24) is 0 Å². The fourth-order valence-corrected chi connectivity index (χ4v) is 0.940. The van der Waals surface area contributed by atoms with Gasteiger partial charge in [-0.25, -0.2) is 4.79 Å². The normalized spacial score (nSPS) is 11.7. The first-order chi connectivity index (χ1) is 6.16. The zero-order chi connectivity index (χ0) is 10.1. The van der Waals surface area contributed by atoms with Gasteiger partial charge in [-0.15, -0.1) is 0 Å². The Balaban J connectivity index is 3.37. The third kappa shape index (κ3) is 9.08. The maximum absolute atomic E-state index is 10.2. The van der Waals surface area contributed by atoms with E-state index in [1.807, 2.05) is 0 Å². The number of hydrogen-bond donors (Lipinski definition) is 1. The average Bonchev–Trinajstić information content (AvgIpc) is 2.02. The number of carboxylic acid groups (broad SMARTS) is 1. The second-order valence-corrected chi connectivity index (χ2v) is 3.09. The van der Waals surface area contributed by atoms with Gasteiger partial charge >= 0.3 is 5.97 Å². The zero-order valence-electron chi connectivity index (χ0n) is 8.38.